The molecule has 1 atom stereocenters. The normalized spacial score (nSPS) is 12.9. The van der Waals surface area contributed by atoms with Gasteiger partial charge in [0.15, 0.2) is 6.10 Å². The van der Waals surface area contributed by atoms with Gasteiger partial charge in [0, 0.05) is 0 Å². The molecule has 0 aliphatic carbocycles. The van der Waals surface area contributed by atoms with Crippen molar-refractivity contribution in [2.75, 3.05) is 6.23 Å². The first-order chi connectivity index (χ1) is 8.28. The number of ether oxygens (including phenoxy) is 2. The van der Waals surface area contributed by atoms with E-state index in [1.807, 2.05) is 0 Å². The van der Waals surface area contributed by atoms with E-state index >= 15 is 0 Å². The number of aromatic hydroxyl groups is 1. The summed E-state index contributed by atoms with van der Waals surface area (Å²) in [4.78, 5) is 11.7. The molecule has 0 aromatic heterocycles. The Balaban J connectivity index is 2.47. The maximum atomic E-state index is 11.7. The number of carbonyl (C=O) groups excluding carboxylic acids is 1. The molecule has 1 rings (SSSR count). The molecule has 0 heterocycles. The number of hydrogen-bond donors (Lipinski definition) is 1. The Hall–Kier alpha value is -1.49. The highest BCUT2D eigenvalue weighted by atomic mass is 28.3. The summed E-state index contributed by atoms with van der Waals surface area (Å²) in [6, 6.07) is 6.24. The molecule has 1 N–H and O–H groups in total. The predicted molar refractivity (Wildman–Crippen MR) is 72.5 cm³/mol. The molecule has 0 bridgehead atoms. The second-order valence-corrected chi connectivity index (χ2v) is 10.8. The standard InChI is InChI=1S/C13H20O4Si/c1-10(13(15)16-9-18(2,3)4)17-12-7-5-11(14)6-8-12/h5-8,10,14H,9H2,1-4H3/t10-/m1/s1. The van der Waals surface area contributed by atoms with Crippen molar-refractivity contribution in [1.29, 1.82) is 0 Å². The van der Waals surface area contributed by atoms with Crippen LogP contribution in [0.4, 0.5) is 0 Å². The van der Waals surface area contributed by atoms with Crippen molar-refractivity contribution < 1.29 is 19.4 Å². The zero-order valence-corrected chi connectivity index (χ0v) is 12.3. The van der Waals surface area contributed by atoms with Crippen LogP contribution in [-0.4, -0.2) is 31.5 Å². The van der Waals surface area contributed by atoms with Gasteiger partial charge in [0.05, 0.1) is 14.3 Å². The van der Waals surface area contributed by atoms with Crippen molar-refractivity contribution in [1.82, 2.24) is 0 Å². The molecule has 0 unspecified atom stereocenters. The fourth-order valence-electron chi connectivity index (χ4n) is 1.18. The highest BCUT2D eigenvalue weighted by Gasteiger charge is 2.21. The van der Waals surface area contributed by atoms with Gasteiger partial charge in [0.1, 0.15) is 11.5 Å². The van der Waals surface area contributed by atoms with Crippen molar-refractivity contribution in [2.24, 2.45) is 0 Å². The van der Waals surface area contributed by atoms with Gasteiger partial charge in [-0.1, -0.05) is 19.6 Å². The molecule has 0 saturated carbocycles. The van der Waals surface area contributed by atoms with Crippen LogP contribution in [0.25, 0.3) is 0 Å². The van der Waals surface area contributed by atoms with Crippen molar-refractivity contribution in [3.63, 3.8) is 0 Å². The second kappa shape index (κ2) is 5.91. The molecule has 0 amide bonds. The fraction of sp³-hybridized carbons (Fsp3) is 0.462. The van der Waals surface area contributed by atoms with Crippen LogP contribution in [0.2, 0.25) is 19.6 Å². The third-order valence-corrected chi connectivity index (χ3v) is 3.14. The third kappa shape index (κ3) is 5.22. The Morgan fingerprint density at radius 2 is 1.83 bits per heavy atom. The molecule has 1 aromatic rings. The maximum Gasteiger partial charge on any atom is 0.346 e. The lowest BCUT2D eigenvalue weighted by atomic mass is 10.3. The Kier molecular flexibility index (Phi) is 4.78. The van der Waals surface area contributed by atoms with E-state index in [-0.39, 0.29) is 11.7 Å². The number of benzene rings is 1. The first-order valence-corrected chi connectivity index (χ1v) is 9.61. The van der Waals surface area contributed by atoms with Crippen LogP contribution in [0.15, 0.2) is 24.3 Å². The Labute approximate surface area is 109 Å². The Morgan fingerprint density at radius 1 is 1.28 bits per heavy atom. The molecule has 100 valence electrons. The largest absolute Gasteiger partial charge is 0.508 e. The average Bonchev–Trinajstić information content (AvgIpc) is 2.28. The van der Waals surface area contributed by atoms with Gasteiger partial charge in [-0.2, -0.15) is 0 Å². The van der Waals surface area contributed by atoms with E-state index in [4.69, 9.17) is 14.6 Å². The lowest BCUT2D eigenvalue weighted by molar-refractivity contribution is -0.149. The number of phenols is 1. The lowest BCUT2D eigenvalue weighted by Crippen LogP contribution is -2.34. The fourth-order valence-corrected chi connectivity index (χ4v) is 1.76. The molecule has 0 spiro atoms. The Bertz CT molecular complexity index is 394. The zero-order valence-electron chi connectivity index (χ0n) is 11.3. The minimum Gasteiger partial charge on any atom is -0.508 e. The highest BCUT2D eigenvalue weighted by Crippen LogP contribution is 2.17. The summed E-state index contributed by atoms with van der Waals surface area (Å²) in [6.45, 7) is 8.04. The van der Waals surface area contributed by atoms with E-state index in [0.29, 0.717) is 12.0 Å². The smallest absolute Gasteiger partial charge is 0.346 e. The molecule has 4 nitrogen and oxygen atoms in total. The summed E-state index contributed by atoms with van der Waals surface area (Å²) >= 11 is 0. The summed E-state index contributed by atoms with van der Waals surface area (Å²) in [6.07, 6.45) is -0.152. The molecule has 5 heteroatoms. The van der Waals surface area contributed by atoms with Gasteiger partial charge in [-0.3, -0.25) is 0 Å². The SMILES string of the molecule is C[C@@H](Oc1ccc(O)cc1)C(=O)OC[Si](C)(C)C. The van der Waals surface area contributed by atoms with E-state index in [1.165, 1.54) is 12.1 Å². The van der Waals surface area contributed by atoms with Gasteiger partial charge in [-0.05, 0) is 31.2 Å². The van der Waals surface area contributed by atoms with Crippen molar-refractivity contribution in [2.45, 2.75) is 32.7 Å². The maximum absolute atomic E-state index is 11.7. The molecule has 0 aliphatic heterocycles. The summed E-state index contributed by atoms with van der Waals surface area (Å²) in [7, 11) is -1.40. The van der Waals surface area contributed by atoms with Crippen LogP contribution in [0.1, 0.15) is 6.92 Å². The van der Waals surface area contributed by atoms with Crippen LogP contribution in [0, 0.1) is 0 Å². The predicted octanol–water partition coefficient (Wildman–Crippen LogP) is 2.58. The van der Waals surface area contributed by atoms with Crippen LogP contribution in [0.5, 0.6) is 11.5 Å². The molecule has 1 aromatic carbocycles. The molecule has 0 aliphatic rings. The average molecular weight is 268 g/mol. The zero-order chi connectivity index (χ0) is 13.8. The minimum atomic E-state index is -1.40. The Morgan fingerprint density at radius 3 is 2.33 bits per heavy atom. The number of esters is 1. The molecule has 0 fully saturated rings. The van der Waals surface area contributed by atoms with Gasteiger partial charge in [0.2, 0.25) is 0 Å². The molecule has 18 heavy (non-hydrogen) atoms. The van der Waals surface area contributed by atoms with E-state index in [0.717, 1.165) is 0 Å². The molecule has 0 saturated heterocycles. The third-order valence-electron chi connectivity index (χ3n) is 2.13. The van der Waals surface area contributed by atoms with Gasteiger partial charge in [-0.25, -0.2) is 4.79 Å². The van der Waals surface area contributed by atoms with E-state index in [1.54, 1.807) is 19.1 Å². The van der Waals surface area contributed by atoms with Crippen molar-refractivity contribution in [3.05, 3.63) is 24.3 Å². The number of hydrogen-bond acceptors (Lipinski definition) is 4. The van der Waals surface area contributed by atoms with Crippen molar-refractivity contribution in [3.8, 4) is 11.5 Å². The van der Waals surface area contributed by atoms with E-state index in [2.05, 4.69) is 19.6 Å². The van der Waals surface area contributed by atoms with Gasteiger partial charge < -0.3 is 14.6 Å². The minimum absolute atomic E-state index is 0.163. The number of phenolic OH excluding ortho intramolecular Hbond substituents is 1. The van der Waals surface area contributed by atoms with Gasteiger partial charge in [-0.15, -0.1) is 0 Å². The summed E-state index contributed by atoms with van der Waals surface area (Å²) < 4.78 is 10.6. The summed E-state index contributed by atoms with van der Waals surface area (Å²) in [5.74, 6) is 0.340. The topological polar surface area (TPSA) is 55.8 Å². The van der Waals surface area contributed by atoms with Crippen LogP contribution < -0.4 is 4.74 Å². The van der Waals surface area contributed by atoms with E-state index < -0.39 is 14.2 Å². The monoisotopic (exact) mass is 268 g/mol. The number of rotatable bonds is 5. The first-order valence-electron chi connectivity index (χ1n) is 5.90. The molecule has 0 radical (unpaired) electrons. The van der Waals surface area contributed by atoms with Crippen molar-refractivity contribution >= 4 is 14.0 Å². The quantitative estimate of drug-likeness (QED) is 0.658. The molecular weight excluding hydrogens is 248 g/mol. The van der Waals surface area contributed by atoms with Crippen LogP contribution in [-0.2, 0) is 9.53 Å². The second-order valence-electron chi connectivity index (χ2n) is 5.42. The summed E-state index contributed by atoms with van der Waals surface area (Å²) in [5.41, 5.74) is 0. The number of carbonyl (C=O) groups is 1. The lowest BCUT2D eigenvalue weighted by Gasteiger charge is -2.18. The highest BCUT2D eigenvalue weighted by molar-refractivity contribution is 6.76. The van der Waals surface area contributed by atoms with Crippen LogP contribution >= 0.6 is 0 Å². The summed E-state index contributed by atoms with van der Waals surface area (Å²) in [5, 5.41) is 9.13. The van der Waals surface area contributed by atoms with E-state index in [9.17, 15) is 4.79 Å². The van der Waals surface area contributed by atoms with Gasteiger partial charge >= 0.3 is 5.97 Å². The first kappa shape index (κ1) is 14.6. The van der Waals surface area contributed by atoms with Gasteiger partial charge in [0.25, 0.3) is 0 Å². The van der Waals surface area contributed by atoms with Crippen LogP contribution in [0.3, 0.4) is 0 Å². The molecular formula is C13H20O4Si.